The number of carbonyl (C=O) groups excluding carboxylic acids is 1. The van der Waals surface area contributed by atoms with Gasteiger partial charge in [-0.25, -0.2) is 9.37 Å². The van der Waals surface area contributed by atoms with Crippen LogP contribution in [0.3, 0.4) is 0 Å². The number of hydrogen-bond donors (Lipinski definition) is 1. The predicted molar refractivity (Wildman–Crippen MR) is 71.0 cm³/mol. The second kappa shape index (κ2) is 5.27. The summed E-state index contributed by atoms with van der Waals surface area (Å²) in [5, 5.41) is 2.67. The fourth-order valence-electron chi connectivity index (χ4n) is 1.45. The first kappa shape index (κ1) is 12.7. The molecule has 5 heteroatoms. The Morgan fingerprint density at radius 1 is 1.33 bits per heavy atom. The normalized spacial score (nSPS) is 10.2. The van der Waals surface area contributed by atoms with Crippen LogP contribution >= 0.6 is 15.9 Å². The molecular weight excluding hydrogens is 299 g/mol. The molecule has 2 rings (SSSR count). The van der Waals surface area contributed by atoms with Gasteiger partial charge >= 0.3 is 0 Å². The lowest BCUT2D eigenvalue weighted by Gasteiger charge is -2.07. The summed E-state index contributed by atoms with van der Waals surface area (Å²) >= 11 is 3.19. The van der Waals surface area contributed by atoms with Gasteiger partial charge in [-0.2, -0.15) is 0 Å². The van der Waals surface area contributed by atoms with E-state index in [0.717, 1.165) is 5.69 Å². The molecule has 92 valence electrons. The lowest BCUT2D eigenvalue weighted by Crippen LogP contribution is -2.14. The first-order valence-corrected chi connectivity index (χ1v) is 6.05. The molecule has 1 aromatic carbocycles. The number of halogens is 2. The van der Waals surface area contributed by atoms with Gasteiger partial charge in [-0.3, -0.25) is 4.79 Å². The summed E-state index contributed by atoms with van der Waals surface area (Å²) in [5.41, 5.74) is 1.59. The van der Waals surface area contributed by atoms with E-state index in [2.05, 4.69) is 26.2 Å². The third kappa shape index (κ3) is 2.92. The van der Waals surface area contributed by atoms with Gasteiger partial charge in [-0.1, -0.05) is 6.07 Å². The van der Waals surface area contributed by atoms with Gasteiger partial charge in [0.05, 0.1) is 5.69 Å². The Labute approximate surface area is 112 Å². The summed E-state index contributed by atoms with van der Waals surface area (Å²) in [6.07, 6.45) is 0. The van der Waals surface area contributed by atoms with Gasteiger partial charge in [0.25, 0.3) is 5.91 Å². The molecular formula is C13H10BrFN2O. The number of benzene rings is 1. The van der Waals surface area contributed by atoms with E-state index in [4.69, 9.17) is 0 Å². The third-order valence-corrected chi connectivity index (χ3v) is 2.96. The number of aromatic nitrogens is 1. The Bertz CT molecular complexity index is 601. The SMILES string of the molecule is Cc1cccc(C(=O)Nc2ccc(F)cc2Br)n1. The number of carbonyl (C=O) groups is 1. The van der Waals surface area contributed by atoms with Crippen molar-refractivity contribution < 1.29 is 9.18 Å². The van der Waals surface area contributed by atoms with Crippen molar-refractivity contribution in [2.75, 3.05) is 5.32 Å². The predicted octanol–water partition coefficient (Wildman–Crippen LogP) is 3.54. The maximum absolute atomic E-state index is 12.9. The molecule has 0 saturated heterocycles. The third-order valence-electron chi connectivity index (χ3n) is 2.30. The van der Waals surface area contributed by atoms with Crippen LogP contribution in [0.2, 0.25) is 0 Å². The first-order chi connectivity index (χ1) is 8.56. The zero-order chi connectivity index (χ0) is 13.1. The van der Waals surface area contributed by atoms with Crippen molar-refractivity contribution in [1.29, 1.82) is 0 Å². The van der Waals surface area contributed by atoms with Crippen LogP contribution < -0.4 is 5.32 Å². The Balaban J connectivity index is 2.21. The lowest BCUT2D eigenvalue weighted by atomic mass is 10.2. The van der Waals surface area contributed by atoms with Gasteiger partial charge in [0.2, 0.25) is 0 Å². The second-order valence-electron chi connectivity index (χ2n) is 3.74. The Kier molecular flexibility index (Phi) is 3.72. The molecule has 1 heterocycles. The van der Waals surface area contributed by atoms with Gasteiger partial charge in [0, 0.05) is 10.2 Å². The van der Waals surface area contributed by atoms with Crippen LogP contribution in [-0.2, 0) is 0 Å². The monoisotopic (exact) mass is 308 g/mol. The zero-order valence-corrected chi connectivity index (χ0v) is 11.2. The number of aryl methyl sites for hydroxylation is 1. The van der Waals surface area contributed by atoms with E-state index in [0.29, 0.717) is 15.9 Å². The summed E-state index contributed by atoms with van der Waals surface area (Å²) in [7, 11) is 0. The number of nitrogens with one attached hydrogen (secondary N) is 1. The summed E-state index contributed by atoms with van der Waals surface area (Å²) in [5.74, 6) is -0.695. The molecule has 0 aliphatic rings. The zero-order valence-electron chi connectivity index (χ0n) is 9.58. The van der Waals surface area contributed by atoms with Gasteiger partial charge in [0.15, 0.2) is 0 Å². The van der Waals surface area contributed by atoms with E-state index >= 15 is 0 Å². The molecule has 3 nitrogen and oxygen atoms in total. The molecule has 1 amide bonds. The maximum Gasteiger partial charge on any atom is 0.274 e. The molecule has 0 saturated carbocycles. The fourth-order valence-corrected chi connectivity index (χ4v) is 1.90. The summed E-state index contributed by atoms with van der Waals surface area (Å²) < 4.78 is 13.4. The average molecular weight is 309 g/mol. The van der Waals surface area contributed by atoms with Crippen LogP contribution in [0.25, 0.3) is 0 Å². The minimum Gasteiger partial charge on any atom is -0.320 e. The van der Waals surface area contributed by atoms with Crippen molar-refractivity contribution in [3.05, 3.63) is 58.1 Å². The summed E-state index contributed by atoms with van der Waals surface area (Å²) in [4.78, 5) is 16.0. The molecule has 0 spiro atoms. The maximum atomic E-state index is 12.9. The van der Waals surface area contributed by atoms with Gasteiger partial charge in [-0.05, 0) is 53.2 Å². The van der Waals surface area contributed by atoms with Crippen LogP contribution in [0.5, 0.6) is 0 Å². The van der Waals surface area contributed by atoms with Crippen molar-refractivity contribution in [2.24, 2.45) is 0 Å². The summed E-state index contributed by atoms with van der Waals surface area (Å²) in [6.45, 7) is 1.81. The second-order valence-corrected chi connectivity index (χ2v) is 4.60. The van der Waals surface area contributed by atoms with E-state index < -0.39 is 0 Å². The Morgan fingerprint density at radius 3 is 2.78 bits per heavy atom. The number of anilines is 1. The molecule has 1 N–H and O–H groups in total. The molecule has 0 unspecified atom stereocenters. The number of hydrogen-bond acceptors (Lipinski definition) is 2. The quantitative estimate of drug-likeness (QED) is 0.922. The molecule has 2 aromatic rings. The fraction of sp³-hybridized carbons (Fsp3) is 0.0769. The van der Waals surface area contributed by atoms with Crippen LogP contribution in [-0.4, -0.2) is 10.9 Å². The highest BCUT2D eigenvalue weighted by atomic mass is 79.9. The largest absolute Gasteiger partial charge is 0.320 e. The van der Waals surface area contributed by atoms with Crippen molar-refractivity contribution in [3.63, 3.8) is 0 Å². The van der Waals surface area contributed by atoms with E-state index in [1.807, 2.05) is 13.0 Å². The van der Waals surface area contributed by atoms with Crippen molar-refractivity contribution in [2.45, 2.75) is 6.92 Å². The van der Waals surface area contributed by atoms with Crippen LogP contribution in [0, 0.1) is 12.7 Å². The van der Waals surface area contributed by atoms with Gasteiger partial charge < -0.3 is 5.32 Å². The topological polar surface area (TPSA) is 42.0 Å². The first-order valence-electron chi connectivity index (χ1n) is 5.26. The van der Waals surface area contributed by atoms with Crippen molar-refractivity contribution in [1.82, 2.24) is 4.98 Å². The van der Waals surface area contributed by atoms with E-state index in [1.165, 1.54) is 18.2 Å². The number of pyridine rings is 1. The van der Waals surface area contributed by atoms with E-state index in [-0.39, 0.29) is 11.7 Å². The van der Waals surface area contributed by atoms with Crippen LogP contribution in [0.4, 0.5) is 10.1 Å². The van der Waals surface area contributed by atoms with Crippen LogP contribution in [0.15, 0.2) is 40.9 Å². The highest BCUT2D eigenvalue weighted by molar-refractivity contribution is 9.10. The Morgan fingerprint density at radius 2 is 2.11 bits per heavy atom. The van der Waals surface area contributed by atoms with Crippen LogP contribution in [0.1, 0.15) is 16.2 Å². The molecule has 0 aliphatic carbocycles. The van der Waals surface area contributed by atoms with E-state index in [1.54, 1.807) is 12.1 Å². The number of rotatable bonds is 2. The van der Waals surface area contributed by atoms with E-state index in [9.17, 15) is 9.18 Å². The minimum atomic E-state index is -0.367. The van der Waals surface area contributed by atoms with Gasteiger partial charge in [-0.15, -0.1) is 0 Å². The molecule has 18 heavy (non-hydrogen) atoms. The Hall–Kier alpha value is -1.75. The molecule has 0 atom stereocenters. The molecule has 1 aromatic heterocycles. The average Bonchev–Trinajstić information content (AvgIpc) is 2.32. The molecule has 0 radical (unpaired) electrons. The highest BCUT2D eigenvalue weighted by Crippen LogP contribution is 2.23. The number of nitrogens with zero attached hydrogens (tertiary/aromatic N) is 1. The number of amides is 1. The standard InChI is InChI=1S/C13H10BrFN2O/c1-8-3-2-4-12(16-8)13(18)17-11-6-5-9(15)7-10(11)14/h2-7H,1H3,(H,17,18). The molecule has 0 aliphatic heterocycles. The minimum absolute atomic E-state index is 0.325. The van der Waals surface area contributed by atoms with Crippen molar-refractivity contribution >= 4 is 27.5 Å². The lowest BCUT2D eigenvalue weighted by molar-refractivity contribution is 0.102. The smallest absolute Gasteiger partial charge is 0.274 e. The highest BCUT2D eigenvalue weighted by Gasteiger charge is 2.10. The molecule has 0 bridgehead atoms. The van der Waals surface area contributed by atoms with Gasteiger partial charge in [0.1, 0.15) is 11.5 Å². The van der Waals surface area contributed by atoms with Crippen molar-refractivity contribution in [3.8, 4) is 0 Å². The summed E-state index contributed by atoms with van der Waals surface area (Å²) in [6, 6.07) is 9.26. The molecule has 0 fully saturated rings.